The second-order valence-corrected chi connectivity index (χ2v) is 19.8. The van der Waals surface area contributed by atoms with Crippen LogP contribution in [0.15, 0.2) is 197 Å². The van der Waals surface area contributed by atoms with E-state index in [-0.39, 0.29) is 17.2 Å². The van der Waals surface area contributed by atoms with Gasteiger partial charge in [-0.05, 0) is 109 Å². The molecule has 0 aliphatic carbocycles. The van der Waals surface area contributed by atoms with Crippen molar-refractivity contribution < 1.29 is 41.4 Å². The first-order valence-electron chi connectivity index (χ1n) is 19.8. The van der Waals surface area contributed by atoms with Crippen LogP contribution in [-0.2, 0) is 19.3 Å². The van der Waals surface area contributed by atoms with Gasteiger partial charge in [-0.1, -0.05) is 105 Å². The fourth-order valence-corrected chi connectivity index (χ4v) is 15.3. The van der Waals surface area contributed by atoms with Gasteiger partial charge in [-0.2, -0.15) is 0 Å². The zero-order valence-electron chi connectivity index (χ0n) is 35.2. The number of ether oxygens (including phenoxy) is 3. The fraction of sp³-hybridized carbons (Fsp3) is 0.125. The topological polar surface area (TPSA) is 120 Å². The number of benzene rings is 6. The standard InChI is InChI=1S/C48H48N3O9P3/c1-7-19-37-28-31-43(46(34-37)52-4)58-61(55-40-22-13-10-14-23-40)49-62(56-41-24-15-11-16-25-41,59-44-32-29-38(20-8-2)35-47(44)53-5)51-63(50-61,57-42-26-17-12-18-27-42)60-45-33-30-39(21-9-3)36-48(45)54-6/h7-18,22-36H,1-3,19-21H2,4-6H3. The first-order chi connectivity index (χ1) is 30.7. The predicted octanol–water partition coefficient (Wildman–Crippen LogP) is 14.5. The van der Waals surface area contributed by atoms with E-state index in [0.717, 1.165) is 16.7 Å². The average molecular weight is 904 g/mol. The number of hydrogen-bond acceptors (Lipinski definition) is 12. The molecule has 1 aliphatic rings. The molecular formula is C48H48N3O9P3. The normalized spacial score (nSPS) is 18.7. The van der Waals surface area contributed by atoms with E-state index in [1.165, 1.54) is 0 Å². The van der Waals surface area contributed by atoms with Gasteiger partial charge in [-0.25, -0.2) is 0 Å². The molecule has 15 heteroatoms. The Balaban J connectivity index is 1.61. The Bertz CT molecular complexity index is 2420. The Hall–Kier alpha value is -6.57. The molecular weight excluding hydrogens is 855 g/mol. The monoisotopic (exact) mass is 903 g/mol. The predicted molar refractivity (Wildman–Crippen MR) is 252 cm³/mol. The molecule has 7 rings (SSSR count). The van der Waals surface area contributed by atoms with E-state index in [4.69, 9.17) is 54.9 Å². The number of methoxy groups -OCH3 is 3. The molecule has 0 bridgehead atoms. The summed E-state index contributed by atoms with van der Waals surface area (Å²) >= 11 is 0. The van der Waals surface area contributed by atoms with Crippen molar-refractivity contribution >= 4 is 23.0 Å². The van der Waals surface area contributed by atoms with Gasteiger partial charge in [0.2, 0.25) is 0 Å². The summed E-state index contributed by atoms with van der Waals surface area (Å²) in [5.74, 6) is 3.06. The minimum absolute atomic E-state index is 0.261. The lowest BCUT2D eigenvalue weighted by molar-refractivity contribution is 0.379. The summed E-state index contributed by atoms with van der Waals surface area (Å²) in [6.45, 7) is 11.7. The van der Waals surface area contributed by atoms with Crippen LogP contribution in [0.1, 0.15) is 16.7 Å². The average Bonchev–Trinajstić information content (AvgIpc) is 3.29. The van der Waals surface area contributed by atoms with E-state index in [9.17, 15) is 0 Å². The van der Waals surface area contributed by atoms with Gasteiger partial charge in [0.15, 0.2) is 34.5 Å². The minimum atomic E-state index is -4.24. The zero-order valence-corrected chi connectivity index (χ0v) is 37.9. The SMILES string of the molecule is C=CCc1ccc(OP2(Oc3ccccc3)=NP(Oc3ccccc3)(Oc3ccc(CC=C)cc3OC)=NP(Oc3ccccc3)(Oc3ccc(CC=C)cc3OC)=N2)c(OC)c1. The highest BCUT2D eigenvalue weighted by Crippen LogP contribution is 2.79. The molecule has 1 heterocycles. The molecule has 0 amide bonds. The third kappa shape index (κ3) is 11.1. The van der Waals surface area contributed by atoms with Crippen molar-refractivity contribution in [2.24, 2.45) is 13.5 Å². The number of para-hydroxylation sites is 3. The van der Waals surface area contributed by atoms with Gasteiger partial charge in [0.1, 0.15) is 17.2 Å². The van der Waals surface area contributed by atoms with Crippen molar-refractivity contribution in [3.63, 3.8) is 0 Å². The molecule has 0 saturated carbocycles. The van der Waals surface area contributed by atoms with Crippen LogP contribution in [0.5, 0.6) is 51.7 Å². The highest BCUT2D eigenvalue weighted by atomic mass is 31.3. The van der Waals surface area contributed by atoms with E-state index in [2.05, 4.69) is 19.7 Å². The summed E-state index contributed by atoms with van der Waals surface area (Å²) in [5, 5.41) is 0. The molecule has 324 valence electrons. The number of rotatable bonds is 21. The highest BCUT2D eigenvalue weighted by Gasteiger charge is 2.49. The van der Waals surface area contributed by atoms with Gasteiger partial charge in [0.05, 0.1) is 21.3 Å². The van der Waals surface area contributed by atoms with Crippen molar-refractivity contribution in [2.45, 2.75) is 19.3 Å². The number of allylic oxidation sites excluding steroid dienone is 3. The van der Waals surface area contributed by atoms with Gasteiger partial charge >= 0.3 is 23.0 Å². The lowest BCUT2D eigenvalue weighted by Gasteiger charge is -2.33. The van der Waals surface area contributed by atoms with Crippen molar-refractivity contribution in [3.8, 4) is 51.7 Å². The molecule has 6 aromatic carbocycles. The fourth-order valence-electron chi connectivity index (χ4n) is 6.24. The van der Waals surface area contributed by atoms with Crippen molar-refractivity contribution in [1.29, 1.82) is 0 Å². The Morgan fingerprint density at radius 1 is 0.365 bits per heavy atom. The minimum Gasteiger partial charge on any atom is -0.493 e. The molecule has 0 atom stereocenters. The van der Waals surface area contributed by atoms with Crippen LogP contribution < -0.4 is 41.4 Å². The maximum absolute atomic E-state index is 7.07. The molecule has 6 aromatic rings. The molecule has 0 saturated heterocycles. The van der Waals surface area contributed by atoms with Gasteiger partial charge < -0.3 is 41.4 Å². The molecule has 0 spiro atoms. The quantitative estimate of drug-likeness (QED) is 0.0513. The summed E-state index contributed by atoms with van der Waals surface area (Å²) in [7, 11) is -8.05. The summed E-state index contributed by atoms with van der Waals surface area (Å²) in [6.07, 6.45) is 7.19. The zero-order chi connectivity index (χ0) is 44.1. The molecule has 0 N–H and O–H groups in total. The van der Waals surface area contributed by atoms with Gasteiger partial charge in [0, 0.05) is 0 Å². The molecule has 12 nitrogen and oxygen atoms in total. The van der Waals surface area contributed by atoms with Crippen LogP contribution in [0.4, 0.5) is 0 Å². The van der Waals surface area contributed by atoms with Crippen LogP contribution in [-0.4, -0.2) is 21.3 Å². The van der Waals surface area contributed by atoms with Crippen LogP contribution >= 0.6 is 23.0 Å². The molecule has 1 aliphatic heterocycles. The second kappa shape index (κ2) is 20.5. The first kappa shape index (κ1) is 44.5. The van der Waals surface area contributed by atoms with Gasteiger partial charge in [0.25, 0.3) is 0 Å². The lowest BCUT2D eigenvalue weighted by atomic mass is 10.1. The first-order valence-corrected chi connectivity index (χ1v) is 24.4. The Labute approximate surface area is 369 Å². The largest absolute Gasteiger partial charge is 0.493 e. The number of hydrogen-bond donors (Lipinski definition) is 0. The van der Waals surface area contributed by atoms with Crippen molar-refractivity contribution in [2.75, 3.05) is 21.3 Å². The third-order valence-corrected chi connectivity index (χ3v) is 17.1. The van der Waals surface area contributed by atoms with E-state index in [1.54, 1.807) is 94.2 Å². The lowest BCUT2D eigenvalue weighted by Crippen LogP contribution is -2.12. The maximum Gasteiger partial charge on any atom is 0.461 e. The molecule has 0 radical (unpaired) electrons. The van der Waals surface area contributed by atoms with Crippen LogP contribution in [0.25, 0.3) is 0 Å². The van der Waals surface area contributed by atoms with Crippen LogP contribution in [0.2, 0.25) is 0 Å². The maximum atomic E-state index is 7.07. The van der Waals surface area contributed by atoms with Gasteiger partial charge in [-0.15, -0.1) is 19.7 Å². The third-order valence-electron chi connectivity index (χ3n) is 9.06. The van der Waals surface area contributed by atoms with Crippen molar-refractivity contribution in [3.05, 3.63) is 200 Å². The van der Waals surface area contributed by atoms with Gasteiger partial charge in [-0.3, -0.25) is 0 Å². The van der Waals surface area contributed by atoms with Crippen molar-refractivity contribution in [1.82, 2.24) is 0 Å². The van der Waals surface area contributed by atoms with E-state index in [1.807, 2.05) is 91.0 Å². The smallest absolute Gasteiger partial charge is 0.461 e. The molecule has 0 unspecified atom stereocenters. The number of nitrogens with zero attached hydrogens (tertiary/aromatic N) is 3. The molecule has 0 fully saturated rings. The van der Waals surface area contributed by atoms with Crippen LogP contribution in [0.3, 0.4) is 0 Å². The Kier molecular flexibility index (Phi) is 14.5. The second-order valence-electron chi connectivity index (χ2n) is 13.7. The molecule has 0 aromatic heterocycles. The Morgan fingerprint density at radius 3 is 0.873 bits per heavy atom. The Morgan fingerprint density at radius 2 is 0.635 bits per heavy atom. The van der Waals surface area contributed by atoms with E-state index < -0.39 is 23.0 Å². The summed E-state index contributed by atoms with van der Waals surface area (Å²) in [5.41, 5.74) is 2.81. The summed E-state index contributed by atoms with van der Waals surface area (Å²) in [4.78, 5) is 0. The van der Waals surface area contributed by atoms with Crippen LogP contribution in [0, 0.1) is 0 Å². The van der Waals surface area contributed by atoms with E-state index in [0.29, 0.717) is 53.8 Å². The molecule has 63 heavy (non-hydrogen) atoms. The summed E-state index contributed by atoms with van der Waals surface area (Å²) in [6, 6.07) is 43.8. The summed E-state index contributed by atoms with van der Waals surface area (Å²) < 4.78 is 75.9. The highest BCUT2D eigenvalue weighted by molar-refractivity contribution is 7.79. The van der Waals surface area contributed by atoms with E-state index >= 15 is 0 Å².